The number of rotatable bonds is 39. The van der Waals surface area contributed by atoms with Crippen molar-refractivity contribution in [2.24, 2.45) is 33.8 Å². The molecule has 106 heavy (non-hydrogen) atoms. The number of likely N-dealkylation sites (tertiary alicyclic amines) is 1. The van der Waals surface area contributed by atoms with Crippen molar-refractivity contribution >= 4 is 99.2 Å². The summed E-state index contributed by atoms with van der Waals surface area (Å²) in [5.41, 5.74) is 25.5. The zero-order valence-corrected chi connectivity index (χ0v) is 60.9. The number of aliphatic imine (C=N–C) groups is 1. The average molecular weight is 1480 g/mol. The van der Waals surface area contributed by atoms with Gasteiger partial charge in [0.1, 0.15) is 60.4 Å². The molecule has 570 valence electrons. The minimum absolute atomic E-state index is 0.00117. The average Bonchev–Trinajstić information content (AvgIpc) is 1.43. The van der Waals surface area contributed by atoms with E-state index in [1.165, 1.54) is 18.7 Å². The summed E-state index contributed by atoms with van der Waals surface area (Å²) in [4.78, 5) is 176. The number of aliphatic hydroxyl groups is 1. The van der Waals surface area contributed by atoms with Crippen LogP contribution in [0.25, 0.3) is 10.8 Å². The van der Waals surface area contributed by atoms with Gasteiger partial charge in [0.2, 0.25) is 70.9 Å². The maximum Gasteiger partial charge on any atom is 0.245 e. The van der Waals surface area contributed by atoms with Crippen LogP contribution in [0.15, 0.2) is 126 Å². The summed E-state index contributed by atoms with van der Waals surface area (Å²) >= 11 is 6.24. The van der Waals surface area contributed by atoms with E-state index in [1.54, 1.807) is 80.6 Å². The smallest absolute Gasteiger partial charge is 0.245 e. The number of guanidine groups is 1. The van der Waals surface area contributed by atoms with E-state index in [-0.39, 0.29) is 76.3 Å². The Labute approximate surface area is 620 Å². The first-order chi connectivity index (χ1) is 50.6. The van der Waals surface area contributed by atoms with Crippen molar-refractivity contribution in [3.8, 4) is 0 Å². The Bertz CT molecular complexity index is 3900. The first-order valence-electron chi connectivity index (χ1n) is 35.5. The van der Waals surface area contributed by atoms with Gasteiger partial charge in [-0.1, -0.05) is 135 Å². The van der Waals surface area contributed by atoms with Crippen LogP contribution in [-0.2, 0) is 94.5 Å². The van der Waals surface area contributed by atoms with Crippen molar-refractivity contribution < 1.29 is 67.4 Å². The number of halogens is 1. The standard InChI is InChI=1S/C75H99ClN16O14/c1-44(2)36-57(67(98)85-56(16-10-30-81-75(79)80)74(105)92-31-11-17-63(92)73(104)82-45(3)65(78)96)86-69(100)60(39-48-18-20-50(21-19-48)42-91-32-34-106-35-33-91)87-66(97)55(28-29-64(77)95)84-72(103)62(43-93)90-71(102)59(38-47-12-6-5-7-13-47)89-70(101)61(40-49-23-26-54(76)27-24-49)88-68(99)58(83-46(4)94)41-51-22-25-52-14-8-9-15-53(52)37-51/h5-9,12-15,18-27,37,44-45,55-63,93H,10-11,16-17,28-36,38-43H2,1-4H3,(H2,77,95)(H2,78,96)(H,82,104)(H,83,94)(H,84,103)(H,85,98)(H,86,100)(H,87,97)(H,88,99)(H,89,101)(H,90,102)(H4,79,80,81)/t45-,55+,56+,57+,58-,59-,60-,61-,62+,63+/m1/s1. The van der Waals surface area contributed by atoms with Gasteiger partial charge in [0.15, 0.2) is 5.96 Å². The summed E-state index contributed by atoms with van der Waals surface area (Å²) in [6, 6.07) is 21.5. The Kier molecular flexibility index (Phi) is 32.2. The SMILES string of the molecule is CC(=O)N[C@H](Cc1ccc2ccccc2c1)C(=O)N[C@H](Cc1ccc(Cl)cc1)C(=O)N[C@H](Cc1ccccc1)C(=O)N[C@@H](CO)C(=O)N[C@@H](CCC(N)=O)C(=O)N[C@H](Cc1ccc(CN2CCOCC2)cc1)C(=O)N[C@@H](CC(C)C)C(=O)N[C@@H](CCCN=C(N)N)C(=O)N1CCC[C@H]1C(=O)N[C@H](C)C(N)=O. The molecule has 18 N–H and O–H groups in total. The van der Waals surface area contributed by atoms with Gasteiger partial charge >= 0.3 is 0 Å². The highest BCUT2D eigenvalue weighted by Crippen LogP contribution is 2.23. The molecule has 0 aromatic heterocycles. The molecule has 5 aromatic carbocycles. The first-order valence-corrected chi connectivity index (χ1v) is 35.9. The number of hydrogen-bond acceptors (Lipinski definition) is 16. The third-order valence-electron chi connectivity index (χ3n) is 18.1. The van der Waals surface area contributed by atoms with Crippen molar-refractivity contribution in [3.63, 3.8) is 0 Å². The van der Waals surface area contributed by atoms with Gasteiger partial charge in [-0.2, -0.15) is 0 Å². The number of benzene rings is 5. The highest BCUT2D eigenvalue weighted by atomic mass is 35.5. The Balaban J connectivity index is 1.14. The molecule has 0 saturated carbocycles. The number of nitrogens with zero attached hydrogens (tertiary/aromatic N) is 3. The van der Waals surface area contributed by atoms with Crippen molar-refractivity contribution in [1.29, 1.82) is 0 Å². The van der Waals surface area contributed by atoms with Gasteiger partial charge in [0.25, 0.3) is 0 Å². The summed E-state index contributed by atoms with van der Waals surface area (Å²) in [7, 11) is 0. The monoisotopic (exact) mass is 1480 g/mol. The largest absolute Gasteiger partial charge is 0.394 e. The van der Waals surface area contributed by atoms with Crippen molar-refractivity contribution in [2.75, 3.05) is 46.0 Å². The molecule has 0 spiro atoms. The van der Waals surface area contributed by atoms with Gasteiger partial charge in [-0.3, -0.25) is 67.4 Å². The van der Waals surface area contributed by atoms with Gasteiger partial charge in [0, 0.05) is 76.8 Å². The van der Waals surface area contributed by atoms with Crippen LogP contribution in [0.1, 0.15) is 100 Å². The molecule has 0 radical (unpaired) electrons. The van der Waals surface area contributed by atoms with Crippen molar-refractivity contribution in [3.05, 3.63) is 154 Å². The Morgan fingerprint density at radius 1 is 0.528 bits per heavy atom. The zero-order valence-electron chi connectivity index (χ0n) is 60.1. The lowest BCUT2D eigenvalue weighted by Gasteiger charge is -2.31. The number of primary amides is 2. The fraction of sp³-hybridized carbons (Fsp3) is 0.453. The number of amides is 12. The van der Waals surface area contributed by atoms with Gasteiger partial charge in [0.05, 0.1) is 19.8 Å². The summed E-state index contributed by atoms with van der Waals surface area (Å²) in [5.74, 6) is -10.4. The van der Waals surface area contributed by atoms with Crippen molar-refractivity contribution in [2.45, 2.75) is 165 Å². The lowest BCUT2D eigenvalue weighted by molar-refractivity contribution is -0.142. The fourth-order valence-electron chi connectivity index (χ4n) is 12.4. The molecule has 10 atom stereocenters. The van der Waals surface area contributed by atoms with Crippen LogP contribution in [0, 0.1) is 5.92 Å². The van der Waals surface area contributed by atoms with Crippen LogP contribution in [0.2, 0.25) is 5.02 Å². The van der Waals surface area contributed by atoms with Crippen LogP contribution >= 0.6 is 11.6 Å². The zero-order chi connectivity index (χ0) is 77.0. The van der Waals surface area contributed by atoms with Crippen LogP contribution in [-0.4, -0.2) is 198 Å². The van der Waals surface area contributed by atoms with Gasteiger partial charge < -0.3 is 85.5 Å². The van der Waals surface area contributed by atoms with Gasteiger partial charge in [-0.25, -0.2) is 0 Å². The third-order valence-corrected chi connectivity index (χ3v) is 18.4. The second-order valence-corrected chi connectivity index (χ2v) is 27.5. The number of hydrogen-bond donors (Lipinski definition) is 14. The number of nitrogens with one attached hydrogen (secondary N) is 9. The van der Waals surface area contributed by atoms with E-state index in [0.29, 0.717) is 66.5 Å². The minimum Gasteiger partial charge on any atom is -0.394 e. The van der Waals surface area contributed by atoms with E-state index in [9.17, 15) is 57.8 Å². The number of nitrogens with two attached hydrogens (primary N) is 4. The highest BCUT2D eigenvalue weighted by Gasteiger charge is 2.40. The third kappa shape index (κ3) is 26.5. The van der Waals surface area contributed by atoms with Gasteiger partial charge in [-0.05, 0) is 102 Å². The van der Waals surface area contributed by atoms with E-state index in [4.69, 9.17) is 39.3 Å². The summed E-state index contributed by atoms with van der Waals surface area (Å²) in [5, 5.41) is 37.2. The molecule has 30 nitrogen and oxygen atoms in total. The lowest BCUT2D eigenvalue weighted by Crippen LogP contribution is -2.61. The molecule has 7 rings (SSSR count). The summed E-state index contributed by atoms with van der Waals surface area (Å²) < 4.78 is 5.52. The molecule has 2 heterocycles. The second kappa shape index (κ2) is 41.2. The van der Waals surface area contributed by atoms with E-state index in [0.717, 1.165) is 16.3 Å². The highest BCUT2D eigenvalue weighted by molar-refractivity contribution is 6.30. The number of aliphatic hydroxyl groups excluding tert-OH is 1. The second-order valence-electron chi connectivity index (χ2n) is 27.1. The molecule has 12 amide bonds. The fourth-order valence-corrected chi connectivity index (χ4v) is 12.6. The quantitative estimate of drug-likeness (QED) is 0.0138. The number of carbonyl (C=O) groups excluding carboxylic acids is 12. The number of carbonyl (C=O) groups is 12. The van der Waals surface area contributed by atoms with Crippen LogP contribution in [0.4, 0.5) is 0 Å². The summed E-state index contributed by atoms with van der Waals surface area (Å²) in [6.07, 6.45) is -0.664. The number of fused-ring (bicyclic) bond motifs is 1. The van der Waals surface area contributed by atoms with Gasteiger partial charge in [-0.15, -0.1) is 0 Å². The van der Waals surface area contributed by atoms with E-state index in [2.05, 4.69) is 57.7 Å². The molecule has 31 heteroatoms. The van der Waals surface area contributed by atoms with E-state index in [1.807, 2.05) is 54.6 Å². The topological polar surface area (TPSA) is 465 Å². The molecule has 5 aromatic rings. The minimum atomic E-state index is -1.85. The molecule has 2 fully saturated rings. The van der Waals surface area contributed by atoms with E-state index < -0.39 is 151 Å². The molecule has 0 aliphatic carbocycles. The lowest BCUT2D eigenvalue weighted by atomic mass is 9.99. The molecule has 0 bridgehead atoms. The van der Waals surface area contributed by atoms with Crippen molar-refractivity contribution in [1.82, 2.24) is 57.7 Å². The Hall–Kier alpha value is -10.6. The predicted molar refractivity (Wildman–Crippen MR) is 397 cm³/mol. The van der Waals surface area contributed by atoms with Crippen LogP contribution in [0.5, 0.6) is 0 Å². The number of ether oxygens (including phenoxy) is 1. The first kappa shape index (κ1) is 82.7. The Morgan fingerprint density at radius 2 is 1.00 bits per heavy atom. The molecule has 2 saturated heterocycles. The van der Waals surface area contributed by atoms with Crippen LogP contribution in [0.3, 0.4) is 0 Å². The molecule has 2 aliphatic heterocycles. The number of morpholine rings is 1. The molecular formula is C75H99ClN16O14. The maximum absolute atomic E-state index is 15.1. The summed E-state index contributed by atoms with van der Waals surface area (Å²) in [6.45, 7) is 8.50. The van der Waals surface area contributed by atoms with E-state index >= 15 is 4.79 Å². The molecule has 0 unspecified atom stereocenters. The molecule has 2 aliphatic rings. The predicted octanol–water partition coefficient (Wildman–Crippen LogP) is -0.167. The van der Waals surface area contributed by atoms with Crippen LogP contribution < -0.4 is 70.8 Å². The maximum atomic E-state index is 15.1. The normalized spacial score (nSPS) is 16.2. The molecular weight excluding hydrogens is 1380 g/mol. The Morgan fingerprint density at radius 3 is 1.56 bits per heavy atom.